The third-order valence-corrected chi connectivity index (χ3v) is 7.15. The predicted octanol–water partition coefficient (Wildman–Crippen LogP) is 5.98. The number of hydrogen-bond donors (Lipinski definition) is 2. The van der Waals surface area contributed by atoms with Gasteiger partial charge in [-0.2, -0.15) is 13.2 Å². The molecule has 0 spiro atoms. The summed E-state index contributed by atoms with van der Waals surface area (Å²) in [4.78, 5) is 39.5. The van der Waals surface area contributed by atoms with Crippen LogP contribution < -0.4 is 20.9 Å². The smallest absolute Gasteiger partial charge is 0.417 e. The lowest BCUT2D eigenvalue weighted by Crippen LogP contribution is -2.48. The number of likely N-dealkylation sites (N-methyl/N-ethyl adjacent to an activating group) is 1. The number of ether oxygens (including phenoxy) is 1. The predicted molar refractivity (Wildman–Crippen MR) is 159 cm³/mol. The Kier molecular flexibility index (Phi) is 9.83. The molecule has 4 rings (SSSR count). The van der Waals surface area contributed by atoms with E-state index in [0.29, 0.717) is 10.6 Å². The second-order valence-corrected chi connectivity index (χ2v) is 10.4. The van der Waals surface area contributed by atoms with Crippen LogP contribution in [0.15, 0.2) is 83.8 Å². The standard InChI is InChI=1S/C31H26Cl2F3N3O4/c1-37-29(41)27(13-19-5-3-4-6-23(19)24-12-11-22(43-2)15-26(24)31(34,35)36)38-28(40)25-14-21(33)17-39(30(25)42)16-18-7-9-20(32)10-8-18/h3-12,14-15,17,27H,13,16H2,1-2H3,(H,37,41)(H,38,40)/t27-/m0/s1. The summed E-state index contributed by atoms with van der Waals surface area (Å²) in [5.41, 5.74) is -0.686. The molecule has 0 aliphatic carbocycles. The molecule has 12 heteroatoms. The van der Waals surface area contributed by atoms with Crippen molar-refractivity contribution < 1.29 is 27.5 Å². The van der Waals surface area contributed by atoms with E-state index < -0.39 is 35.2 Å². The molecule has 0 aliphatic heterocycles. The van der Waals surface area contributed by atoms with Crippen LogP contribution in [-0.2, 0) is 23.9 Å². The monoisotopic (exact) mass is 631 g/mol. The van der Waals surface area contributed by atoms with Gasteiger partial charge in [-0.25, -0.2) is 0 Å². The van der Waals surface area contributed by atoms with Gasteiger partial charge >= 0.3 is 6.18 Å². The number of methoxy groups -OCH3 is 1. The molecule has 7 nitrogen and oxygen atoms in total. The Hall–Kier alpha value is -4.28. The van der Waals surface area contributed by atoms with Gasteiger partial charge in [-0.15, -0.1) is 0 Å². The average molecular weight is 632 g/mol. The number of aromatic nitrogens is 1. The van der Waals surface area contributed by atoms with Gasteiger partial charge in [0.2, 0.25) is 5.91 Å². The zero-order valence-electron chi connectivity index (χ0n) is 23.0. The summed E-state index contributed by atoms with van der Waals surface area (Å²) in [5, 5.41) is 5.64. The Morgan fingerprint density at radius 2 is 1.65 bits per heavy atom. The van der Waals surface area contributed by atoms with Gasteiger partial charge < -0.3 is 19.9 Å². The number of carbonyl (C=O) groups excluding carboxylic acids is 2. The highest BCUT2D eigenvalue weighted by Gasteiger charge is 2.35. The van der Waals surface area contributed by atoms with Crippen molar-refractivity contribution in [3.8, 4) is 16.9 Å². The van der Waals surface area contributed by atoms with E-state index >= 15 is 0 Å². The molecule has 1 aromatic heterocycles. The minimum Gasteiger partial charge on any atom is -0.497 e. The van der Waals surface area contributed by atoms with Crippen LogP contribution in [0.3, 0.4) is 0 Å². The topological polar surface area (TPSA) is 89.4 Å². The summed E-state index contributed by atoms with van der Waals surface area (Å²) in [6, 6.07) is 16.6. The summed E-state index contributed by atoms with van der Waals surface area (Å²) in [6.07, 6.45) is -3.48. The number of nitrogens with one attached hydrogen (secondary N) is 2. The fourth-order valence-corrected chi connectivity index (χ4v) is 4.94. The van der Waals surface area contributed by atoms with Crippen LogP contribution in [0.2, 0.25) is 10.0 Å². The molecule has 4 aromatic rings. The fraction of sp³-hybridized carbons (Fsp3) is 0.194. The fourth-order valence-electron chi connectivity index (χ4n) is 4.59. The number of amides is 2. The number of benzene rings is 3. The van der Waals surface area contributed by atoms with Gasteiger partial charge in [0.25, 0.3) is 11.5 Å². The van der Waals surface area contributed by atoms with Crippen molar-refractivity contribution in [1.82, 2.24) is 15.2 Å². The first-order valence-electron chi connectivity index (χ1n) is 12.9. The molecule has 0 radical (unpaired) electrons. The quantitative estimate of drug-likeness (QED) is 0.238. The summed E-state index contributed by atoms with van der Waals surface area (Å²) < 4.78 is 48.3. The minimum atomic E-state index is -4.69. The Morgan fingerprint density at radius 1 is 0.953 bits per heavy atom. The Bertz CT molecular complexity index is 1710. The Balaban J connectivity index is 1.67. The van der Waals surface area contributed by atoms with Gasteiger partial charge in [0.05, 0.1) is 24.2 Å². The van der Waals surface area contributed by atoms with Gasteiger partial charge in [-0.3, -0.25) is 14.4 Å². The third kappa shape index (κ3) is 7.57. The summed E-state index contributed by atoms with van der Waals surface area (Å²) >= 11 is 12.2. The number of pyridine rings is 1. The van der Waals surface area contributed by atoms with E-state index in [4.69, 9.17) is 27.9 Å². The molecule has 3 aromatic carbocycles. The highest BCUT2D eigenvalue weighted by atomic mass is 35.5. The van der Waals surface area contributed by atoms with E-state index in [1.54, 1.807) is 42.5 Å². The molecular formula is C31H26Cl2F3N3O4. The first kappa shape index (κ1) is 31.7. The number of carbonyl (C=O) groups is 2. The second kappa shape index (κ2) is 13.4. The maximum atomic E-state index is 14.0. The van der Waals surface area contributed by atoms with E-state index in [1.807, 2.05) is 0 Å². The summed E-state index contributed by atoms with van der Waals surface area (Å²) in [7, 11) is 2.63. The van der Waals surface area contributed by atoms with Crippen LogP contribution in [0.5, 0.6) is 5.75 Å². The van der Waals surface area contributed by atoms with Gasteiger partial charge in [0.15, 0.2) is 0 Å². The normalized spacial score (nSPS) is 12.0. The van der Waals surface area contributed by atoms with Crippen molar-refractivity contribution in [2.75, 3.05) is 14.2 Å². The molecular weight excluding hydrogens is 606 g/mol. The number of halogens is 5. The highest BCUT2D eigenvalue weighted by Crippen LogP contribution is 2.40. The molecule has 224 valence electrons. The molecule has 0 saturated carbocycles. The number of hydrogen-bond acceptors (Lipinski definition) is 4. The van der Waals surface area contributed by atoms with Gasteiger partial charge in [0.1, 0.15) is 17.4 Å². The lowest BCUT2D eigenvalue weighted by Gasteiger charge is -2.21. The van der Waals surface area contributed by atoms with Gasteiger partial charge in [0, 0.05) is 24.7 Å². The molecule has 0 bridgehead atoms. The molecule has 0 saturated heterocycles. The molecule has 0 fully saturated rings. The molecule has 1 heterocycles. The lowest BCUT2D eigenvalue weighted by atomic mass is 9.91. The zero-order chi connectivity index (χ0) is 31.3. The van der Waals surface area contributed by atoms with Crippen LogP contribution in [0.25, 0.3) is 11.1 Å². The molecule has 1 atom stereocenters. The zero-order valence-corrected chi connectivity index (χ0v) is 24.5. The number of alkyl halides is 3. The van der Waals surface area contributed by atoms with E-state index in [0.717, 1.165) is 11.6 Å². The first-order chi connectivity index (χ1) is 20.4. The van der Waals surface area contributed by atoms with Crippen LogP contribution >= 0.6 is 23.2 Å². The maximum absolute atomic E-state index is 14.0. The van der Waals surface area contributed by atoms with Gasteiger partial charge in [-0.1, -0.05) is 65.7 Å². The molecule has 43 heavy (non-hydrogen) atoms. The van der Waals surface area contributed by atoms with E-state index in [9.17, 15) is 27.6 Å². The maximum Gasteiger partial charge on any atom is 0.417 e. The number of rotatable bonds is 9. The first-order valence-corrected chi connectivity index (χ1v) is 13.7. The van der Waals surface area contributed by atoms with E-state index in [1.165, 1.54) is 49.2 Å². The Morgan fingerprint density at radius 3 is 2.30 bits per heavy atom. The Labute approximate surface area is 255 Å². The number of nitrogens with zero attached hydrogens (tertiary/aromatic N) is 1. The molecule has 0 unspecified atom stereocenters. The molecule has 2 N–H and O–H groups in total. The summed E-state index contributed by atoms with van der Waals surface area (Å²) in [6.45, 7) is 0.104. The second-order valence-electron chi connectivity index (χ2n) is 9.54. The van der Waals surface area contributed by atoms with Gasteiger partial charge in [-0.05, 0) is 52.6 Å². The largest absolute Gasteiger partial charge is 0.497 e. The summed E-state index contributed by atoms with van der Waals surface area (Å²) in [5.74, 6) is -1.45. The van der Waals surface area contributed by atoms with Crippen molar-refractivity contribution in [2.45, 2.75) is 25.2 Å². The van der Waals surface area contributed by atoms with Crippen LogP contribution in [-0.4, -0.2) is 36.6 Å². The van der Waals surface area contributed by atoms with Crippen LogP contribution in [0.1, 0.15) is 27.0 Å². The van der Waals surface area contributed by atoms with Crippen molar-refractivity contribution in [3.63, 3.8) is 0 Å². The van der Waals surface area contributed by atoms with E-state index in [-0.39, 0.29) is 40.4 Å². The third-order valence-electron chi connectivity index (χ3n) is 6.70. The van der Waals surface area contributed by atoms with Crippen LogP contribution in [0, 0.1) is 0 Å². The minimum absolute atomic E-state index is 0.0345. The average Bonchev–Trinajstić information content (AvgIpc) is 2.98. The van der Waals surface area contributed by atoms with E-state index in [2.05, 4.69) is 10.6 Å². The molecule has 0 aliphatic rings. The highest BCUT2D eigenvalue weighted by molar-refractivity contribution is 6.31. The molecule has 2 amide bonds. The van der Waals surface area contributed by atoms with Crippen molar-refractivity contribution in [3.05, 3.63) is 122 Å². The lowest BCUT2D eigenvalue weighted by molar-refractivity contribution is -0.137. The van der Waals surface area contributed by atoms with Crippen LogP contribution in [0.4, 0.5) is 13.2 Å². The SMILES string of the molecule is CNC(=O)[C@H](Cc1ccccc1-c1ccc(OC)cc1C(F)(F)F)NC(=O)c1cc(Cl)cn(Cc2ccc(Cl)cc2)c1=O. The van der Waals surface area contributed by atoms with Crippen molar-refractivity contribution in [1.29, 1.82) is 0 Å². The van der Waals surface area contributed by atoms with Crippen molar-refractivity contribution in [2.24, 2.45) is 0 Å². The van der Waals surface area contributed by atoms with Crippen molar-refractivity contribution >= 4 is 35.0 Å².